The molecule has 0 saturated carbocycles. The molecule has 0 spiro atoms. The zero-order valence-electron chi connectivity index (χ0n) is 13.3. The number of likely N-dealkylation sites (tertiary alicyclic amines) is 2. The van der Waals surface area contributed by atoms with Gasteiger partial charge in [-0.1, -0.05) is 0 Å². The maximum Gasteiger partial charge on any atom is 0.120 e. The number of hydrogen-bond donors (Lipinski definition) is 1. The molecule has 4 nitrogen and oxygen atoms in total. The first-order valence-electron chi connectivity index (χ1n) is 8.47. The fourth-order valence-corrected chi connectivity index (χ4v) is 3.75. The molecule has 2 fully saturated rings. The number of hydrogen-bond acceptors (Lipinski definition) is 4. The maximum atomic E-state index is 5.83. The summed E-state index contributed by atoms with van der Waals surface area (Å²) < 4.78 is 5.83. The molecule has 21 heavy (non-hydrogen) atoms. The largest absolute Gasteiger partial charge is 0.463 e. The standard InChI is InChI=1S/C17H29N3O/c1-14-10-16(21-17(14)11-18)13-20-8-4-15(5-9-20)12-19-6-2-3-7-19/h10,15H,2-9,11-13,18H2,1H3. The number of nitrogens with zero attached hydrogens (tertiary/aromatic N) is 2. The number of aryl methyl sites for hydroxylation is 1. The Kier molecular flexibility index (Phi) is 4.99. The highest BCUT2D eigenvalue weighted by Crippen LogP contribution is 2.23. The van der Waals surface area contributed by atoms with E-state index < -0.39 is 0 Å². The van der Waals surface area contributed by atoms with Crippen molar-refractivity contribution in [2.24, 2.45) is 11.7 Å². The van der Waals surface area contributed by atoms with E-state index in [4.69, 9.17) is 10.2 Å². The summed E-state index contributed by atoms with van der Waals surface area (Å²) in [6, 6.07) is 2.15. The maximum absolute atomic E-state index is 5.83. The highest BCUT2D eigenvalue weighted by atomic mass is 16.3. The van der Waals surface area contributed by atoms with Gasteiger partial charge in [0, 0.05) is 6.54 Å². The van der Waals surface area contributed by atoms with Crippen LogP contribution in [0.25, 0.3) is 0 Å². The lowest BCUT2D eigenvalue weighted by atomic mass is 9.96. The summed E-state index contributed by atoms with van der Waals surface area (Å²) in [6.45, 7) is 9.91. The lowest BCUT2D eigenvalue weighted by molar-refractivity contribution is 0.141. The summed E-state index contributed by atoms with van der Waals surface area (Å²) in [5, 5.41) is 0. The van der Waals surface area contributed by atoms with Crippen molar-refractivity contribution in [1.82, 2.24) is 9.80 Å². The molecule has 3 heterocycles. The Morgan fingerprint density at radius 1 is 1.14 bits per heavy atom. The van der Waals surface area contributed by atoms with Crippen LogP contribution < -0.4 is 5.73 Å². The Morgan fingerprint density at radius 3 is 2.48 bits per heavy atom. The summed E-state index contributed by atoms with van der Waals surface area (Å²) >= 11 is 0. The molecule has 0 bridgehead atoms. The Hall–Kier alpha value is -0.840. The topological polar surface area (TPSA) is 45.6 Å². The summed E-state index contributed by atoms with van der Waals surface area (Å²) in [5.41, 5.74) is 6.87. The van der Waals surface area contributed by atoms with Crippen molar-refractivity contribution in [2.45, 2.75) is 45.7 Å². The van der Waals surface area contributed by atoms with E-state index in [2.05, 4.69) is 22.8 Å². The molecule has 2 N–H and O–H groups in total. The molecule has 118 valence electrons. The molecule has 0 radical (unpaired) electrons. The second kappa shape index (κ2) is 6.95. The third-order valence-corrected chi connectivity index (χ3v) is 5.06. The average Bonchev–Trinajstić information content (AvgIpc) is 3.10. The van der Waals surface area contributed by atoms with Crippen LogP contribution in [-0.4, -0.2) is 42.5 Å². The van der Waals surface area contributed by atoms with Gasteiger partial charge in [-0.25, -0.2) is 0 Å². The molecule has 0 amide bonds. The predicted molar refractivity (Wildman–Crippen MR) is 85.0 cm³/mol. The number of piperidine rings is 1. The van der Waals surface area contributed by atoms with Crippen LogP contribution in [0.5, 0.6) is 0 Å². The quantitative estimate of drug-likeness (QED) is 0.904. The molecule has 0 atom stereocenters. The van der Waals surface area contributed by atoms with Crippen LogP contribution in [0, 0.1) is 12.8 Å². The van der Waals surface area contributed by atoms with E-state index in [0.717, 1.165) is 24.0 Å². The lowest BCUT2D eigenvalue weighted by Gasteiger charge is -2.33. The molecular formula is C17H29N3O. The molecule has 2 aliphatic rings. The van der Waals surface area contributed by atoms with Gasteiger partial charge < -0.3 is 15.1 Å². The van der Waals surface area contributed by atoms with Gasteiger partial charge in [-0.05, 0) is 76.3 Å². The third kappa shape index (κ3) is 3.87. The first kappa shape index (κ1) is 15.1. The van der Waals surface area contributed by atoms with Gasteiger partial charge in [-0.3, -0.25) is 4.90 Å². The van der Waals surface area contributed by atoms with Crippen LogP contribution in [0.1, 0.15) is 42.8 Å². The monoisotopic (exact) mass is 291 g/mol. The molecule has 2 saturated heterocycles. The summed E-state index contributed by atoms with van der Waals surface area (Å²) in [4.78, 5) is 5.18. The zero-order valence-corrected chi connectivity index (χ0v) is 13.3. The Morgan fingerprint density at radius 2 is 1.86 bits per heavy atom. The predicted octanol–water partition coefficient (Wildman–Crippen LogP) is 2.35. The molecular weight excluding hydrogens is 262 g/mol. The lowest BCUT2D eigenvalue weighted by Crippen LogP contribution is -2.37. The van der Waals surface area contributed by atoms with Gasteiger partial charge in [-0.2, -0.15) is 0 Å². The van der Waals surface area contributed by atoms with Crippen molar-refractivity contribution in [3.05, 3.63) is 23.2 Å². The van der Waals surface area contributed by atoms with Crippen molar-refractivity contribution in [3.63, 3.8) is 0 Å². The van der Waals surface area contributed by atoms with E-state index in [1.54, 1.807) is 0 Å². The molecule has 0 aliphatic carbocycles. The van der Waals surface area contributed by atoms with Crippen LogP contribution in [0.2, 0.25) is 0 Å². The molecule has 3 rings (SSSR count). The van der Waals surface area contributed by atoms with E-state index in [1.807, 2.05) is 0 Å². The van der Waals surface area contributed by atoms with E-state index in [9.17, 15) is 0 Å². The minimum Gasteiger partial charge on any atom is -0.463 e. The van der Waals surface area contributed by atoms with E-state index >= 15 is 0 Å². The highest BCUT2D eigenvalue weighted by molar-refractivity contribution is 5.19. The second-order valence-electron chi connectivity index (χ2n) is 6.75. The van der Waals surface area contributed by atoms with E-state index in [1.165, 1.54) is 64.0 Å². The van der Waals surface area contributed by atoms with Crippen molar-refractivity contribution in [1.29, 1.82) is 0 Å². The summed E-state index contributed by atoms with van der Waals surface area (Å²) in [6.07, 6.45) is 5.47. The zero-order chi connectivity index (χ0) is 14.7. The van der Waals surface area contributed by atoms with Gasteiger partial charge in [0.25, 0.3) is 0 Å². The second-order valence-corrected chi connectivity index (χ2v) is 6.75. The fourth-order valence-electron chi connectivity index (χ4n) is 3.75. The molecule has 1 aromatic heterocycles. The highest BCUT2D eigenvalue weighted by Gasteiger charge is 2.23. The molecule has 2 aliphatic heterocycles. The van der Waals surface area contributed by atoms with Crippen LogP contribution in [0.3, 0.4) is 0 Å². The number of rotatable bonds is 5. The summed E-state index contributed by atoms with van der Waals surface area (Å²) in [7, 11) is 0. The molecule has 0 aromatic carbocycles. The third-order valence-electron chi connectivity index (χ3n) is 5.06. The van der Waals surface area contributed by atoms with Gasteiger partial charge >= 0.3 is 0 Å². The Balaban J connectivity index is 1.44. The van der Waals surface area contributed by atoms with Gasteiger partial charge in [0.05, 0.1) is 13.1 Å². The molecule has 4 heteroatoms. The van der Waals surface area contributed by atoms with Crippen LogP contribution in [0.15, 0.2) is 10.5 Å². The molecule has 0 unspecified atom stereocenters. The Bertz CT molecular complexity index is 443. The van der Waals surface area contributed by atoms with Gasteiger partial charge in [-0.15, -0.1) is 0 Å². The van der Waals surface area contributed by atoms with Crippen molar-refractivity contribution in [2.75, 3.05) is 32.7 Å². The van der Waals surface area contributed by atoms with Crippen molar-refractivity contribution < 1.29 is 4.42 Å². The minimum absolute atomic E-state index is 0.504. The average molecular weight is 291 g/mol. The van der Waals surface area contributed by atoms with Crippen molar-refractivity contribution in [3.8, 4) is 0 Å². The number of nitrogens with two attached hydrogens (primary N) is 1. The minimum atomic E-state index is 0.504. The van der Waals surface area contributed by atoms with Crippen LogP contribution in [0.4, 0.5) is 0 Å². The van der Waals surface area contributed by atoms with Crippen LogP contribution >= 0.6 is 0 Å². The van der Waals surface area contributed by atoms with Gasteiger partial charge in [0.15, 0.2) is 0 Å². The Labute approximate surface area is 128 Å². The van der Waals surface area contributed by atoms with Crippen LogP contribution in [-0.2, 0) is 13.1 Å². The molecule has 1 aromatic rings. The summed E-state index contributed by atoms with van der Waals surface area (Å²) in [5.74, 6) is 2.91. The normalized spacial score (nSPS) is 22.2. The van der Waals surface area contributed by atoms with E-state index in [-0.39, 0.29) is 0 Å². The van der Waals surface area contributed by atoms with Gasteiger partial charge in [0.2, 0.25) is 0 Å². The SMILES string of the molecule is Cc1cc(CN2CCC(CN3CCCC3)CC2)oc1CN. The smallest absolute Gasteiger partial charge is 0.120 e. The first-order chi connectivity index (χ1) is 10.2. The van der Waals surface area contributed by atoms with Crippen molar-refractivity contribution >= 4 is 0 Å². The number of furan rings is 1. The fraction of sp³-hybridized carbons (Fsp3) is 0.765. The van der Waals surface area contributed by atoms with Gasteiger partial charge in [0.1, 0.15) is 11.5 Å². The van der Waals surface area contributed by atoms with E-state index in [0.29, 0.717) is 6.54 Å². The first-order valence-corrected chi connectivity index (χ1v) is 8.47.